The number of carbonyl (C=O) groups excluding carboxylic acids is 1. The molecule has 5 nitrogen and oxygen atoms in total. The van der Waals surface area contributed by atoms with Gasteiger partial charge in [0.1, 0.15) is 11.3 Å². The molecular formula is C16H12Cl3N3O2S. The van der Waals surface area contributed by atoms with Crippen LogP contribution in [0.25, 0.3) is 10.2 Å². The van der Waals surface area contributed by atoms with Gasteiger partial charge in [-0.25, -0.2) is 4.98 Å². The van der Waals surface area contributed by atoms with Gasteiger partial charge in [-0.1, -0.05) is 46.1 Å². The van der Waals surface area contributed by atoms with Gasteiger partial charge in [-0.05, 0) is 36.8 Å². The third kappa shape index (κ3) is 4.10. The van der Waals surface area contributed by atoms with Gasteiger partial charge in [0.25, 0.3) is 5.91 Å². The molecule has 3 rings (SSSR count). The fourth-order valence-corrected chi connectivity index (χ4v) is 4.05. The van der Waals surface area contributed by atoms with Crippen LogP contribution in [0.4, 0.5) is 10.8 Å². The molecule has 0 saturated heterocycles. The number of halogens is 3. The van der Waals surface area contributed by atoms with Crippen molar-refractivity contribution in [2.75, 3.05) is 17.7 Å². The Morgan fingerprint density at radius 3 is 2.72 bits per heavy atom. The molecule has 0 bridgehead atoms. The molecule has 0 aliphatic heterocycles. The topological polar surface area (TPSA) is 77.2 Å². The number of nitrogens with two attached hydrogens (primary N) is 1. The molecule has 9 heteroatoms. The SMILES string of the molecule is Cc1cc(Cl)cc(Cl)c1OCC(=O)Nc1cc(Cl)c2nc(N)sc2c1. The van der Waals surface area contributed by atoms with E-state index in [2.05, 4.69) is 10.3 Å². The fraction of sp³-hybridized carbons (Fsp3) is 0.125. The number of nitrogen functional groups attached to an aromatic ring is 1. The maximum atomic E-state index is 12.1. The van der Waals surface area contributed by atoms with Crippen molar-refractivity contribution in [3.8, 4) is 5.75 Å². The molecule has 130 valence electrons. The first kappa shape index (κ1) is 18.1. The van der Waals surface area contributed by atoms with E-state index in [0.717, 1.165) is 10.3 Å². The predicted molar refractivity (Wildman–Crippen MR) is 104 cm³/mol. The van der Waals surface area contributed by atoms with Crippen LogP contribution in [-0.2, 0) is 4.79 Å². The van der Waals surface area contributed by atoms with E-state index >= 15 is 0 Å². The van der Waals surface area contributed by atoms with Gasteiger partial charge in [0.15, 0.2) is 11.7 Å². The van der Waals surface area contributed by atoms with Crippen LogP contribution in [0.1, 0.15) is 5.56 Å². The van der Waals surface area contributed by atoms with Gasteiger partial charge >= 0.3 is 0 Å². The van der Waals surface area contributed by atoms with Gasteiger partial charge in [0.05, 0.1) is 14.7 Å². The minimum Gasteiger partial charge on any atom is -0.482 e. The summed E-state index contributed by atoms with van der Waals surface area (Å²) in [5, 5.41) is 4.41. The van der Waals surface area contributed by atoms with E-state index in [1.807, 2.05) is 0 Å². The molecule has 0 atom stereocenters. The van der Waals surface area contributed by atoms with E-state index in [9.17, 15) is 4.79 Å². The summed E-state index contributed by atoms with van der Waals surface area (Å²) >= 11 is 19.5. The van der Waals surface area contributed by atoms with Crippen LogP contribution in [-0.4, -0.2) is 17.5 Å². The average Bonchev–Trinajstić information content (AvgIpc) is 2.87. The second-order valence-electron chi connectivity index (χ2n) is 5.23. The molecule has 0 radical (unpaired) electrons. The average molecular weight is 417 g/mol. The Morgan fingerprint density at radius 1 is 1.24 bits per heavy atom. The highest BCUT2D eigenvalue weighted by Crippen LogP contribution is 2.33. The van der Waals surface area contributed by atoms with Crippen molar-refractivity contribution in [3.63, 3.8) is 0 Å². The van der Waals surface area contributed by atoms with Crippen molar-refractivity contribution in [3.05, 3.63) is 44.9 Å². The Kier molecular flexibility index (Phi) is 5.24. The van der Waals surface area contributed by atoms with Crippen molar-refractivity contribution >= 4 is 73.1 Å². The Hall–Kier alpha value is -1.73. The molecule has 3 N–H and O–H groups in total. The monoisotopic (exact) mass is 415 g/mol. The number of thiazole rings is 1. The van der Waals surface area contributed by atoms with Crippen molar-refractivity contribution in [2.24, 2.45) is 0 Å². The summed E-state index contributed by atoms with van der Waals surface area (Å²) in [4.78, 5) is 16.3. The zero-order valence-corrected chi connectivity index (χ0v) is 16.0. The van der Waals surface area contributed by atoms with Crippen LogP contribution in [0.5, 0.6) is 5.75 Å². The van der Waals surface area contributed by atoms with E-state index in [-0.39, 0.29) is 12.5 Å². The molecule has 0 unspecified atom stereocenters. The lowest BCUT2D eigenvalue weighted by Crippen LogP contribution is -2.20. The standard InChI is InChI=1S/C16H12Cl3N3O2S/c1-7-2-8(17)3-11(19)15(7)24-6-13(23)21-9-4-10(18)14-12(5-9)25-16(20)22-14/h2-5H,6H2,1H3,(H2,20,22)(H,21,23). The highest BCUT2D eigenvalue weighted by molar-refractivity contribution is 7.22. The molecule has 3 aromatic rings. The number of ether oxygens (including phenoxy) is 1. The number of fused-ring (bicyclic) bond motifs is 1. The van der Waals surface area contributed by atoms with Gasteiger partial charge in [-0.15, -0.1) is 0 Å². The second-order valence-corrected chi connectivity index (χ2v) is 7.54. The number of anilines is 2. The van der Waals surface area contributed by atoms with Crippen molar-refractivity contribution in [1.82, 2.24) is 4.98 Å². The fourth-order valence-electron chi connectivity index (χ4n) is 2.28. The summed E-state index contributed by atoms with van der Waals surface area (Å²) in [7, 11) is 0. The normalized spacial score (nSPS) is 10.9. The van der Waals surface area contributed by atoms with Crippen molar-refractivity contribution in [1.29, 1.82) is 0 Å². The van der Waals surface area contributed by atoms with E-state index < -0.39 is 0 Å². The van der Waals surface area contributed by atoms with Crippen LogP contribution >= 0.6 is 46.1 Å². The number of aromatic nitrogens is 1. The highest BCUT2D eigenvalue weighted by Gasteiger charge is 2.12. The number of benzene rings is 2. The van der Waals surface area contributed by atoms with Crippen LogP contribution in [0.15, 0.2) is 24.3 Å². The lowest BCUT2D eigenvalue weighted by atomic mass is 10.2. The summed E-state index contributed by atoms with van der Waals surface area (Å²) < 4.78 is 6.30. The Balaban J connectivity index is 1.71. The van der Waals surface area contributed by atoms with E-state index in [4.69, 9.17) is 45.3 Å². The maximum absolute atomic E-state index is 12.1. The zero-order chi connectivity index (χ0) is 18.1. The summed E-state index contributed by atoms with van der Waals surface area (Å²) in [6.07, 6.45) is 0. The molecular weight excluding hydrogens is 405 g/mol. The molecule has 1 amide bonds. The summed E-state index contributed by atoms with van der Waals surface area (Å²) in [6, 6.07) is 6.64. The summed E-state index contributed by atoms with van der Waals surface area (Å²) in [5.74, 6) is 0.0725. The molecule has 2 aromatic carbocycles. The van der Waals surface area contributed by atoms with E-state index in [1.165, 1.54) is 11.3 Å². The molecule has 1 heterocycles. The minimum absolute atomic E-state index is 0.206. The second kappa shape index (κ2) is 7.25. The largest absolute Gasteiger partial charge is 0.482 e. The number of nitrogens with one attached hydrogen (secondary N) is 1. The Bertz CT molecular complexity index is 952. The molecule has 0 spiro atoms. The predicted octanol–water partition coefficient (Wildman–Crippen LogP) is 5.16. The van der Waals surface area contributed by atoms with Gasteiger partial charge in [0.2, 0.25) is 0 Å². The van der Waals surface area contributed by atoms with Gasteiger partial charge in [-0.2, -0.15) is 0 Å². The number of hydrogen-bond acceptors (Lipinski definition) is 5. The van der Waals surface area contributed by atoms with E-state index in [1.54, 1.807) is 31.2 Å². The molecule has 0 aliphatic rings. The molecule has 0 saturated carbocycles. The quantitative estimate of drug-likeness (QED) is 0.615. The first-order valence-electron chi connectivity index (χ1n) is 7.07. The van der Waals surface area contributed by atoms with Crippen molar-refractivity contribution < 1.29 is 9.53 Å². The summed E-state index contributed by atoms with van der Waals surface area (Å²) in [5.41, 5.74) is 7.58. The van der Waals surface area contributed by atoms with Gasteiger partial charge in [-0.3, -0.25) is 4.79 Å². The Labute approximate surface area is 162 Å². The number of nitrogens with zero attached hydrogens (tertiary/aromatic N) is 1. The lowest BCUT2D eigenvalue weighted by Gasteiger charge is -2.12. The number of amides is 1. The maximum Gasteiger partial charge on any atom is 0.262 e. The van der Waals surface area contributed by atoms with Gasteiger partial charge in [0, 0.05) is 10.7 Å². The smallest absolute Gasteiger partial charge is 0.262 e. The first-order valence-corrected chi connectivity index (χ1v) is 9.02. The molecule has 0 aliphatic carbocycles. The third-order valence-electron chi connectivity index (χ3n) is 3.29. The van der Waals surface area contributed by atoms with Crippen LogP contribution in [0, 0.1) is 6.92 Å². The minimum atomic E-state index is -0.349. The third-order valence-corrected chi connectivity index (χ3v) is 4.91. The summed E-state index contributed by atoms with van der Waals surface area (Å²) in [6.45, 7) is 1.59. The lowest BCUT2D eigenvalue weighted by molar-refractivity contribution is -0.118. The first-order chi connectivity index (χ1) is 11.8. The number of aryl methyl sites for hydroxylation is 1. The van der Waals surface area contributed by atoms with Crippen LogP contribution in [0.2, 0.25) is 15.1 Å². The zero-order valence-electron chi connectivity index (χ0n) is 12.9. The number of hydrogen-bond donors (Lipinski definition) is 2. The van der Waals surface area contributed by atoms with Crippen LogP contribution in [0.3, 0.4) is 0 Å². The van der Waals surface area contributed by atoms with E-state index in [0.29, 0.717) is 37.2 Å². The molecule has 1 aromatic heterocycles. The van der Waals surface area contributed by atoms with Crippen molar-refractivity contribution in [2.45, 2.75) is 6.92 Å². The van der Waals surface area contributed by atoms with Gasteiger partial charge < -0.3 is 15.8 Å². The van der Waals surface area contributed by atoms with Crippen LogP contribution < -0.4 is 15.8 Å². The number of carbonyl (C=O) groups is 1. The molecule has 0 fully saturated rings. The number of rotatable bonds is 4. The highest BCUT2D eigenvalue weighted by atomic mass is 35.5. The Morgan fingerprint density at radius 2 is 2.00 bits per heavy atom. The molecule has 25 heavy (non-hydrogen) atoms.